The molecule has 0 spiro atoms. The Kier molecular flexibility index (Phi) is 67.3. The number of hydrogen-bond acceptors (Lipinski definition) is 17. The summed E-state index contributed by atoms with van der Waals surface area (Å²) < 4.78 is 42.2. The van der Waals surface area contributed by atoms with Gasteiger partial charge in [0.15, 0.2) is 24.4 Å². The minimum atomic E-state index is -1.23. The number of carbonyl (C=O) groups is 6. The van der Waals surface area contributed by atoms with Gasteiger partial charge in [0.2, 0.25) is 0 Å². The molecule has 2 N–H and O–H groups in total. The predicted octanol–water partition coefficient (Wildman–Crippen LogP) is 9.62. The minimum Gasteiger partial charge on any atom is -0.546 e. The molecule has 19 nitrogen and oxygen atoms in total. The van der Waals surface area contributed by atoms with Crippen molar-refractivity contribution in [3.63, 3.8) is 0 Å². The quantitative estimate of drug-likeness (QED) is 0.0247. The van der Waals surface area contributed by atoms with E-state index in [-0.39, 0.29) is 146 Å². The topological polar surface area (TPSA) is 287 Å². The fourth-order valence-electron chi connectivity index (χ4n) is 8.15. The van der Waals surface area contributed by atoms with Gasteiger partial charge >= 0.3 is 83.0 Å². The molecular formula is C73H89BrCl5NNa2O18S6. The zero-order chi connectivity index (χ0) is 73.8. The van der Waals surface area contributed by atoms with Crippen LogP contribution in [0, 0.1) is 23.7 Å². The third-order valence-corrected chi connectivity index (χ3v) is 15.0. The summed E-state index contributed by atoms with van der Waals surface area (Å²) in [6, 6.07) is 32.7. The van der Waals surface area contributed by atoms with Crippen LogP contribution in [0.1, 0.15) is 121 Å². The van der Waals surface area contributed by atoms with Crippen molar-refractivity contribution in [1.82, 2.24) is 0 Å². The summed E-state index contributed by atoms with van der Waals surface area (Å²) >= 11 is 32.6. The molecule has 0 amide bonds. The molecule has 1 aliphatic carbocycles. The van der Waals surface area contributed by atoms with Crippen LogP contribution in [-0.4, -0.2) is 96.9 Å². The number of allylic oxidation sites excluding steroid dienone is 3. The first-order chi connectivity index (χ1) is 46.4. The molecule has 6 aromatic carbocycles. The summed E-state index contributed by atoms with van der Waals surface area (Å²) in [7, 11) is 2.69. The van der Waals surface area contributed by atoms with Crippen LogP contribution >= 0.6 is 155 Å². The maximum absolute atomic E-state index is 11.4. The summed E-state index contributed by atoms with van der Waals surface area (Å²) in [4.78, 5) is 65.0. The predicted molar refractivity (Wildman–Crippen MR) is 441 cm³/mol. The van der Waals surface area contributed by atoms with Gasteiger partial charge in [-0.1, -0.05) is 113 Å². The van der Waals surface area contributed by atoms with Gasteiger partial charge < -0.3 is 67.9 Å². The first-order valence-corrected chi connectivity index (χ1v) is 33.0. The molecular weight excluding hydrogens is 1670 g/mol. The first kappa shape index (κ1) is 115. The van der Waals surface area contributed by atoms with Gasteiger partial charge in [0.05, 0.1) is 37.8 Å². The third kappa shape index (κ3) is 43.2. The number of terminal acetylenes is 1. The normalized spacial score (nSPS) is 11.8. The molecule has 0 saturated carbocycles. The number of methoxy groups -OCH3 is 2. The Morgan fingerprint density at radius 3 is 1.26 bits per heavy atom. The van der Waals surface area contributed by atoms with Crippen molar-refractivity contribution in [2.45, 2.75) is 144 Å². The van der Waals surface area contributed by atoms with Crippen LogP contribution in [-0.2, 0) is 57.5 Å². The van der Waals surface area contributed by atoms with Gasteiger partial charge in [-0.25, -0.2) is 19.2 Å². The maximum Gasteiger partial charge on any atom is 1.00 e. The van der Waals surface area contributed by atoms with Crippen molar-refractivity contribution in [3.8, 4) is 52.9 Å². The monoisotopic (exact) mass is 1760 g/mol. The maximum atomic E-state index is 11.4. The number of nitrogens with zero attached hydrogens (tertiary/aromatic N) is 1. The van der Waals surface area contributed by atoms with Crippen LogP contribution in [0.25, 0.3) is 11.6 Å². The van der Waals surface area contributed by atoms with Crippen molar-refractivity contribution in [3.05, 3.63) is 184 Å². The number of ether oxygens (including phenoxy) is 8. The molecule has 7 rings (SSSR count). The standard InChI is InChI=1S/C15H17ClO3.C12H10BrNO3.2C12H15ClO3.C11H13ClO3.C11H9ClO3.2Na.6H2S/c1-10(15(17)18-2)19-14-8-7-12(16)9-13(14)11-5-3-4-6-11;1-8(12(15)16)17-11-5-4-10(13)7-9(11)3-2-6-14;1-4-9-7-10(13)5-6-11(9)16-8(2)12(14)15-3;1-3-4-9-7-10(13)5-6-11(9)16-8(2)12(14)15;2*1-3-8-6-9(12)4-5-10(8)15-7(2)11(13)14;;;;;;;;/h5,7-10H,3-4,6H2,1-2H3;2-5,7-8H,1H3,(H,15,16);5-8H,4H2,1-3H3;5-8H,3-4H2,1-2H3,(H,14,15);4-7H,3H2,1-2H3,(H,13,14);1,4-7H,2H3,(H,13,14);;;6*1H2/q;;;;;;2*+1;;;;;;/p-2/b;3-2+;;;;;;;;;;;;/t10-;3*8-;2*7-;;;;;;;;/m000000......../s1. The SMILES string of the molecule is C#Cc1cc(Cl)ccc1O[C@@H](C)C(=O)O.CCCc1cc(Cl)ccc1O[C@@H](C)C(=O)[O-].CCc1cc(Cl)ccc1O[C@@H](C)C(=O)OC.CCc1cc(Cl)ccc1O[C@@H](C)C(=O)[O-].COC(=O)[C@H](C)Oc1ccc(Cl)cc1C1=CCCC1.C[C@H](Oc1ccc(Br)cc1/C=C/C#N)C(=O)O.S.S.S.S.S.S.[Na+].[Na+]. The zero-order valence-electron chi connectivity index (χ0n) is 60.8. The number of benzene rings is 6. The number of halogens is 6. The fourth-order valence-corrected chi connectivity index (χ4v) is 9.45. The number of esters is 2. The van der Waals surface area contributed by atoms with Crippen LogP contribution in [0.4, 0.5) is 0 Å². The van der Waals surface area contributed by atoms with Crippen molar-refractivity contribution >= 4 is 202 Å². The van der Waals surface area contributed by atoms with Crippen molar-refractivity contribution in [1.29, 1.82) is 5.26 Å². The second-order valence-corrected chi connectivity index (χ2v) is 23.9. The van der Waals surface area contributed by atoms with E-state index in [9.17, 15) is 39.0 Å². The molecule has 0 unspecified atom stereocenters. The molecule has 0 heterocycles. The summed E-state index contributed by atoms with van der Waals surface area (Å²) in [6.45, 7) is 15.1. The summed E-state index contributed by atoms with van der Waals surface area (Å²) in [5, 5.41) is 50.0. The van der Waals surface area contributed by atoms with Crippen LogP contribution in [0.2, 0.25) is 25.1 Å². The first-order valence-electron chi connectivity index (χ1n) is 30.4. The fraction of sp³-hybridized carbons (Fsp3) is 0.329. The van der Waals surface area contributed by atoms with E-state index in [2.05, 4.69) is 37.4 Å². The van der Waals surface area contributed by atoms with E-state index in [4.69, 9.17) is 108 Å². The summed E-state index contributed by atoms with van der Waals surface area (Å²) in [5.74, 6) is 0.274. The van der Waals surface area contributed by atoms with Crippen LogP contribution < -0.4 is 97.7 Å². The van der Waals surface area contributed by atoms with Gasteiger partial charge in [-0.3, -0.25) is 0 Å². The van der Waals surface area contributed by atoms with E-state index in [1.807, 2.05) is 39.0 Å². The molecule has 0 aromatic heterocycles. The number of carboxylic acids is 4. The Morgan fingerprint density at radius 2 is 0.887 bits per heavy atom. The largest absolute Gasteiger partial charge is 1.00 e. The van der Waals surface area contributed by atoms with Crippen LogP contribution in [0.3, 0.4) is 0 Å². The number of carboxylic acid groups (broad SMARTS) is 4. The molecule has 6 aromatic rings. The van der Waals surface area contributed by atoms with Crippen molar-refractivity contribution in [2.24, 2.45) is 0 Å². The Bertz CT molecular complexity index is 3840. The zero-order valence-corrected chi connectivity index (χ0v) is 76.1. The van der Waals surface area contributed by atoms with Gasteiger partial charge in [0.25, 0.3) is 0 Å². The number of carbonyl (C=O) groups excluding carboxylic acids is 4. The van der Waals surface area contributed by atoms with Gasteiger partial charge in [0, 0.05) is 46.8 Å². The summed E-state index contributed by atoms with van der Waals surface area (Å²) in [5.41, 5.74) is 6.07. The van der Waals surface area contributed by atoms with E-state index < -0.39 is 66.5 Å². The average molecular weight is 1760 g/mol. The van der Waals surface area contributed by atoms with Gasteiger partial charge in [-0.2, -0.15) is 86.2 Å². The molecule has 0 saturated heterocycles. The van der Waals surface area contributed by atoms with E-state index >= 15 is 0 Å². The van der Waals surface area contributed by atoms with Gasteiger partial charge in [-0.05, 0) is 218 Å². The second-order valence-electron chi connectivity index (χ2n) is 20.8. The molecule has 0 bridgehead atoms. The number of aryl methyl sites for hydroxylation is 3. The Morgan fingerprint density at radius 1 is 0.528 bits per heavy atom. The number of rotatable bonds is 24. The van der Waals surface area contributed by atoms with Crippen molar-refractivity contribution < 1.29 is 146 Å². The van der Waals surface area contributed by atoms with Gasteiger partial charge in [-0.15, -0.1) is 6.42 Å². The molecule has 0 aliphatic heterocycles. The number of hydrogen-bond donors (Lipinski definition) is 2. The van der Waals surface area contributed by atoms with E-state index in [1.165, 1.54) is 53.6 Å². The van der Waals surface area contributed by atoms with E-state index in [0.717, 1.165) is 71.7 Å². The van der Waals surface area contributed by atoms with Crippen molar-refractivity contribution in [2.75, 3.05) is 14.2 Å². The van der Waals surface area contributed by atoms with Gasteiger partial charge in [0.1, 0.15) is 46.7 Å². The Balaban J connectivity index is -0.000000219. The molecule has 0 fully saturated rings. The molecule has 106 heavy (non-hydrogen) atoms. The Labute approximate surface area is 741 Å². The molecule has 1 aliphatic rings. The number of aliphatic carboxylic acids is 4. The molecule has 6 atom stereocenters. The van der Waals surface area contributed by atoms with Crippen LogP contribution in [0.15, 0.2) is 126 Å². The number of nitriles is 1. The third-order valence-electron chi connectivity index (χ3n) is 13.3. The van der Waals surface area contributed by atoms with Crippen LogP contribution in [0.5, 0.6) is 34.5 Å². The summed E-state index contributed by atoms with van der Waals surface area (Å²) in [6.07, 6.45) is 11.8. The average Bonchev–Trinajstić information content (AvgIpc) is 1.47. The smallest absolute Gasteiger partial charge is 0.546 e. The second kappa shape index (κ2) is 62.2. The molecule has 33 heteroatoms. The van der Waals surface area contributed by atoms with E-state index in [1.54, 1.807) is 117 Å². The van der Waals surface area contributed by atoms with E-state index in [0.29, 0.717) is 70.7 Å². The molecule has 574 valence electrons. The minimum absolute atomic E-state index is 0. The molecule has 0 radical (unpaired) electrons. The Hall–Kier alpha value is -4.50.